The molecular weight excluding hydrogens is 594 g/mol. The third-order valence-corrected chi connectivity index (χ3v) is 9.09. The normalized spacial score (nSPS) is 14.6. The lowest BCUT2D eigenvalue weighted by Gasteiger charge is -2.36. The van der Waals surface area contributed by atoms with Gasteiger partial charge in [-0.25, -0.2) is 8.78 Å². The van der Waals surface area contributed by atoms with Gasteiger partial charge in [-0.1, -0.05) is 93.6 Å². The van der Waals surface area contributed by atoms with E-state index in [1.807, 2.05) is 66.7 Å². The molecule has 1 amide bonds. The van der Waals surface area contributed by atoms with E-state index in [-0.39, 0.29) is 35.7 Å². The zero-order valence-electron chi connectivity index (χ0n) is 27.4. The number of carbonyl (C=O) groups excluding carboxylic acids is 2. The minimum Gasteiger partial charge on any atom is -0.465 e. The first-order chi connectivity index (χ1) is 22.7. The van der Waals surface area contributed by atoms with Gasteiger partial charge >= 0.3 is 5.97 Å². The number of ether oxygens (including phenoxy) is 1. The van der Waals surface area contributed by atoms with Crippen LogP contribution in [0.4, 0.5) is 20.2 Å². The molecular formula is C40H44F2N2O3. The van der Waals surface area contributed by atoms with Crippen LogP contribution >= 0.6 is 0 Å². The van der Waals surface area contributed by atoms with E-state index in [0.717, 1.165) is 43.6 Å². The maximum absolute atomic E-state index is 14.1. The average Bonchev–Trinajstić information content (AvgIpc) is 3.09. The summed E-state index contributed by atoms with van der Waals surface area (Å²) in [5.41, 5.74) is 4.53. The Morgan fingerprint density at radius 2 is 1.51 bits per heavy atom. The first kappa shape index (κ1) is 33.8. The standard InChI is InChI=1S/C40H44F2N2O3/c1-4-40(41,42)32-16-14-29(15-17-32)35-12-8-9-13-36(35)38(45)43-33-18-20-34(21-19-33)44-25-22-31(23-26-44)37(30-10-6-5-7-11-30)39(46)47-27-24-28(2)3/h5-21,28,31,37H,4,22-27H2,1-3H3,(H,43,45). The Kier molecular flexibility index (Phi) is 11.1. The molecule has 1 aliphatic rings. The van der Waals surface area contributed by atoms with Crippen LogP contribution in [-0.2, 0) is 15.5 Å². The van der Waals surface area contributed by atoms with Gasteiger partial charge in [0.15, 0.2) is 0 Å². The maximum Gasteiger partial charge on any atom is 0.313 e. The van der Waals surface area contributed by atoms with Crippen molar-refractivity contribution >= 4 is 23.3 Å². The van der Waals surface area contributed by atoms with Crippen molar-refractivity contribution in [2.45, 2.75) is 58.3 Å². The molecule has 47 heavy (non-hydrogen) atoms. The summed E-state index contributed by atoms with van der Waals surface area (Å²) in [6, 6.07) is 31.1. The highest BCUT2D eigenvalue weighted by Gasteiger charge is 2.34. The van der Waals surface area contributed by atoms with Crippen LogP contribution in [0.15, 0.2) is 103 Å². The number of alkyl halides is 2. The second-order valence-electron chi connectivity index (χ2n) is 12.7. The number of anilines is 2. The Bertz CT molecular complexity index is 1610. The lowest BCUT2D eigenvalue weighted by molar-refractivity contribution is -0.147. The third kappa shape index (κ3) is 8.45. The van der Waals surface area contributed by atoms with Crippen LogP contribution in [0.5, 0.6) is 0 Å². The zero-order valence-corrected chi connectivity index (χ0v) is 27.4. The Labute approximate surface area is 277 Å². The minimum absolute atomic E-state index is 0.0365. The van der Waals surface area contributed by atoms with Crippen LogP contribution in [-0.4, -0.2) is 31.6 Å². The van der Waals surface area contributed by atoms with Crippen LogP contribution in [0.3, 0.4) is 0 Å². The van der Waals surface area contributed by atoms with Gasteiger partial charge in [0.1, 0.15) is 0 Å². The summed E-state index contributed by atoms with van der Waals surface area (Å²) in [7, 11) is 0. The maximum atomic E-state index is 14.1. The van der Waals surface area contributed by atoms with Crippen molar-refractivity contribution in [3.8, 4) is 11.1 Å². The lowest BCUT2D eigenvalue weighted by atomic mass is 9.80. The van der Waals surface area contributed by atoms with Gasteiger partial charge in [-0.05, 0) is 78.1 Å². The number of carbonyl (C=O) groups is 2. The monoisotopic (exact) mass is 638 g/mol. The molecule has 0 saturated carbocycles. The molecule has 0 bridgehead atoms. The predicted octanol–water partition coefficient (Wildman–Crippen LogP) is 9.70. The Morgan fingerprint density at radius 3 is 2.15 bits per heavy atom. The summed E-state index contributed by atoms with van der Waals surface area (Å²) in [6.45, 7) is 7.79. The SMILES string of the molecule is CCC(F)(F)c1ccc(-c2ccccc2C(=O)Nc2ccc(N3CCC(C(C(=O)OCCC(C)C)c4ccccc4)CC3)cc2)cc1. The van der Waals surface area contributed by atoms with Crippen molar-refractivity contribution in [3.05, 3.63) is 120 Å². The minimum atomic E-state index is -2.89. The van der Waals surface area contributed by atoms with E-state index in [0.29, 0.717) is 34.9 Å². The quantitative estimate of drug-likeness (QED) is 0.157. The number of amides is 1. The molecule has 1 heterocycles. The molecule has 4 aromatic rings. The van der Waals surface area contributed by atoms with Gasteiger partial charge in [-0.15, -0.1) is 0 Å². The molecule has 0 aliphatic carbocycles. The van der Waals surface area contributed by atoms with Gasteiger partial charge in [-0.3, -0.25) is 9.59 Å². The van der Waals surface area contributed by atoms with Crippen LogP contribution in [0.2, 0.25) is 0 Å². The number of esters is 1. The number of nitrogens with one attached hydrogen (secondary N) is 1. The fraction of sp³-hybridized carbons (Fsp3) is 0.350. The molecule has 4 aromatic carbocycles. The van der Waals surface area contributed by atoms with Gasteiger partial charge in [0.05, 0.1) is 12.5 Å². The number of hydrogen-bond acceptors (Lipinski definition) is 4. The van der Waals surface area contributed by atoms with Crippen molar-refractivity contribution in [3.63, 3.8) is 0 Å². The number of hydrogen-bond donors (Lipinski definition) is 1. The molecule has 7 heteroatoms. The molecule has 246 valence electrons. The summed E-state index contributed by atoms with van der Waals surface area (Å²) in [5, 5.41) is 2.99. The van der Waals surface area contributed by atoms with Crippen molar-refractivity contribution in [2.75, 3.05) is 29.9 Å². The van der Waals surface area contributed by atoms with E-state index >= 15 is 0 Å². The highest BCUT2D eigenvalue weighted by Crippen LogP contribution is 2.36. The molecule has 0 aromatic heterocycles. The Hall–Kier alpha value is -4.52. The fourth-order valence-electron chi connectivity index (χ4n) is 6.22. The van der Waals surface area contributed by atoms with Crippen LogP contribution < -0.4 is 10.2 Å². The summed E-state index contributed by atoms with van der Waals surface area (Å²) >= 11 is 0. The largest absolute Gasteiger partial charge is 0.465 e. The Balaban J connectivity index is 1.21. The fourth-order valence-corrected chi connectivity index (χ4v) is 6.22. The van der Waals surface area contributed by atoms with Crippen molar-refractivity contribution in [1.29, 1.82) is 0 Å². The van der Waals surface area contributed by atoms with E-state index in [9.17, 15) is 18.4 Å². The van der Waals surface area contributed by atoms with Crippen LogP contribution in [0.25, 0.3) is 11.1 Å². The first-order valence-electron chi connectivity index (χ1n) is 16.6. The van der Waals surface area contributed by atoms with Crippen molar-refractivity contribution in [1.82, 2.24) is 0 Å². The number of rotatable bonds is 12. The van der Waals surface area contributed by atoms with E-state index in [4.69, 9.17) is 4.74 Å². The van der Waals surface area contributed by atoms with Crippen molar-refractivity contribution in [2.24, 2.45) is 11.8 Å². The highest BCUT2D eigenvalue weighted by molar-refractivity contribution is 6.08. The summed E-state index contributed by atoms with van der Waals surface area (Å²) in [4.78, 5) is 28.9. The molecule has 0 radical (unpaired) electrons. The lowest BCUT2D eigenvalue weighted by Crippen LogP contribution is -2.37. The van der Waals surface area contributed by atoms with Crippen molar-refractivity contribution < 1.29 is 23.1 Å². The zero-order chi connectivity index (χ0) is 33.4. The van der Waals surface area contributed by atoms with E-state index in [1.54, 1.807) is 24.3 Å². The highest BCUT2D eigenvalue weighted by atomic mass is 19.3. The molecule has 0 spiro atoms. The topological polar surface area (TPSA) is 58.6 Å². The molecule has 1 unspecified atom stereocenters. The molecule has 5 rings (SSSR count). The second-order valence-corrected chi connectivity index (χ2v) is 12.7. The van der Waals surface area contributed by atoms with E-state index in [1.165, 1.54) is 19.1 Å². The van der Waals surface area contributed by atoms with Gasteiger partial charge in [0.25, 0.3) is 11.8 Å². The second kappa shape index (κ2) is 15.4. The molecule has 1 N–H and O–H groups in total. The molecule has 1 aliphatic heterocycles. The summed E-state index contributed by atoms with van der Waals surface area (Å²) in [5.74, 6) is -2.90. The Morgan fingerprint density at radius 1 is 0.872 bits per heavy atom. The third-order valence-electron chi connectivity index (χ3n) is 9.09. The molecule has 1 fully saturated rings. The number of benzene rings is 4. The molecule has 5 nitrogen and oxygen atoms in total. The first-order valence-corrected chi connectivity index (χ1v) is 16.6. The average molecular weight is 639 g/mol. The molecule has 1 atom stereocenters. The predicted molar refractivity (Wildman–Crippen MR) is 185 cm³/mol. The van der Waals surface area contributed by atoms with E-state index in [2.05, 4.69) is 24.1 Å². The van der Waals surface area contributed by atoms with Gasteiger partial charge in [0.2, 0.25) is 0 Å². The van der Waals surface area contributed by atoms with Gasteiger partial charge < -0.3 is 15.0 Å². The summed E-state index contributed by atoms with van der Waals surface area (Å²) < 4.78 is 34.0. The van der Waals surface area contributed by atoms with Gasteiger partial charge in [-0.2, -0.15) is 0 Å². The molecule has 1 saturated heterocycles. The van der Waals surface area contributed by atoms with Gasteiger partial charge in [0, 0.05) is 42.0 Å². The number of nitrogens with zero attached hydrogens (tertiary/aromatic N) is 1. The summed E-state index contributed by atoms with van der Waals surface area (Å²) in [6.07, 6.45) is 2.31. The number of halogens is 2. The van der Waals surface area contributed by atoms with Crippen LogP contribution in [0.1, 0.15) is 73.9 Å². The number of piperidine rings is 1. The van der Waals surface area contributed by atoms with Crippen LogP contribution in [0, 0.1) is 11.8 Å². The van der Waals surface area contributed by atoms with E-state index < -0.39 is 5.92 Å². The smallest absolute Gasteiger partial charge is 0.313 e.